The number of hydrogen-bond donors (Lipinski definition) is 1. The van der Waals surface area contributed by atoms with Crippen molar-refractivity contribution in [3.8, 4) is 0 Å². The van der Waals surface area contributed by atoms with Crippen molar-refractivity contribution >= 4 is 5.97 Å². The molecule has 1 unspecified atom stereocenters. The normalized spacial score (nSPS) is 14.2. The minimum Gasteiger partial charge on any atom is -0.459 e. The molecule has 0 aliphatic heterocycles. The van der Waals surface area contributed by atoms with Crippen molar-refractivity contribution in [1.82, 2.24) is 0 Å². The maximum atomic E-state index is 11.8. The number of carbonyl (C=O) groups is 1. The summed E-state index contributed by atoms with van der Waals surface area (Å²) in [7, 11) is 0. The number of rotatable bonds is 4. The van der Waals surface area contributed by atoms with Gasteiger partial charge in [-0.1, -0.05) is 0 Å². The second kappa shape index (κ2) is 5.24. The average Bonchev–Trinajstić information content (AvgIpc) is 1.96. The Hall–Kier alpha value is -0.710. The van der Waals surface area contributed by atoms with Gasteiger partial charge in [-0.2, -0.15) is 0 Å². The minimum absolute atomic E-state index is 0.0490. The fourth-order valence-electron chi connectivity index (χ4n) is 0.801. The van der Waals surface area contributed by atoms with Gasteiger partial charge in [-0.05, 0) is 27.2 Å². The highest BCUT2D eigenvalue weighted by atomic mass is 19.3. The first-order chi connectivity index (χ1) is 6.22. The predicted octanol–water partition coefficient (Wildman–Crippen LogP) is 1.70. The highest BCUT2D eigenvalue weighted by Crippen LogP contribution is 2.11. The third kappa shape index (κ3) is 6.77. The molecule has 0 aromatic rings. The van der Waals surface area contributed by atoms with E-state index in [0.29, 0.717) is 0 Å². The molecule has 0 aliphatic carbocycles. The Balaban J connectivity index is 3.88. The fraction of sp³-hybridized carbons (Fsp3) is 0.889. The Kier molecular flexibility index (Phi) is 4.97. The lowest BCUT2D eigenvalue weighted by Crippen LogP contribution is -2.37. The second-order valence-electron chi connectivity index (χ2n) is 4.11. The number of alkyl halides is 2. The summed E-state index contributed by atoms with van der Waals surface area (Å²) in [6.07, 6.45) is -2.85. The summed E-state index contributed by atoms with van der Waals surface area (Å²) in [5, 5.41) is 0. The van der Waals surface area contributed by atoms with Crippen LogP contribution in [0.5, 0.6) is 0 Å². The van der Waals surface area contributed by atoms with E-state index in [9.17, 15) is 13.6 Å². The van der Waals surface area contributed by atoms with Crippen molar-refractivity contribution in [2.75, 3.05) is 0 Å². The maximum Gasteiger partial charge on any atom is 0.323 e. The molecule has 84 valence electrons. The van der Waals surface area contributed by atoms with E-state index in [2.05, 4.69) is 0 Å². The van der Waals surface area contributed by atoms with Gasteiger partial charge < -0.3 is 10.5 Å². The van der Waals surface area contributed by atoms with E-state index < -0.39 is 24.0 Å². The summed E-state index contributed by atoms with van der Waals surface area (Å²) in [4.78, 5) is 11.2. The predicted molar refractivity (Wildman–Crippen MR) is 49.1 cm³/mol. The molecule has 0 aliphatic rings. The van der Waals surface area contributed by atoms with Crippen LogP contribution in [0.3, 0.4) is 0 Å². The van der Waals surface area contributed by atoms with Gasteiger partial charge in [0.2, 0.25) is 6.43 Å². The lowest BCUT2D eigenvalue weighted by Gasteiger charge is -2.22. The van der Waals surface area contributed by atoms with E-state index >= 15 is 0 Å². The molecule has 0 bridgehead atoms. The minimum atomic E-state index is -2.43. The number of ether oxygens (including phenoxy) is 1. The van der Waals surface area contributed by atoms with Crippen molar-refractivity contribution in [1.29, 1.82) is 0 Å². The van der Waals surface area contributed by atoms with Gasteiger partial charge in [-0.25, -0.2) is 8.78 Å². The van der Waals surface area contributed by atoms with Crippen LogP contribution in [0.15, 0.2) is 0 Å². The molecule has 0 radical (unpaired) electrons. The Labute approximate surface area is 82.6 Å². The highest BCUT2D eigenvalue weighted by molar-refractivity contribution is 5.75. The van der Waals surface area contributed by atoms with E-state index in [1.165, 1.54) is 0 Å². The lowest BCUT2D eigenvalue weighted by molar-refractivity contribution is -0.156. The first-order valence-electron chi connectivity index (χ1n) is 4.49. The van der Waals surface area contributed by atoms with Crippen molar-refractivity contribution in [3.05, 3.63) is 0 Å². The second-order valence-corrected chi connectivity index (χ2v) is 4.11. The standard InChI is InChI=1S/C9H17F2NO2/c1-9(2,3)14-8(13)6(12)4-5-7(10)11/h6-7H,4-5,12H2,1-3H3. The Morgan fingerprint density at radius 3 is 2.21 bits per heavy atom. The van der Waals surface area contributed by atoms with Gasteiger partial charge in [0, 0.05) is 6.42 Å². The quantitative estimate of drug-likeness (QED) is 0.717. The molecule has 0 amide bonds. The molecular weight excluding hydrogens is 192 g/mol. The van der Waals surface area contributed by atoms with Crippen LogP contribution in [-0.2, 0) is 9.53 Å². The van der Waals surface area contributed by atoms with Crippen LogP contribution in [0.4, 0.5) is 8.78 Å². The number of esters is 1. The Morgan fingerprint density at radius 2 is 1.86 bits per heavy atom. The maximum absolute atomic E-state index is 11.8. The van der Waals surface area contributed by atoms with E-state index in [4.69, 9.17) is 10.5 Å². The number of nitrogens with two attached hydrogens (primary N) is 1. The Morgan fingerprint density at radius 1 is 1.36 bits per heavy atom. The summed E-state index contributed by atoms with van der Waals surface area (Å²) in [5.41, 5.74) is 4.74. The molecule has 0 fully saturated rings. The fourth-order valence-corrected chi connectivity index (χ4v) is 0.801. The van der Waals surface area contributed by atoms with E-state index in [-0.39, 0.29) is 12.8 Å². The summed E-state index contributed by atoms with van der Waals surface area (Å²) in [6.45, 7) is 5.10. The topological polar surface area (TPSA) is 52.3 Å². The summed E-state index contributed by atoms with van der Waals surface area (Å²) in [6, 6.07) is -0.955. The van der Waals surface area contributed by atoms with Crippen molar-refractivity contribution in [2.45, 2.75) is 51.7 Å². The van der Waals surface area contributed by atoms with E-state index in [0.717, 1.165) is 0 Å². The molecule has 0 heterocycles. The summed E-state index contributed by atoms with van der Waals surface area (Å²) < 4.78 is 28.5. The van der Waals surface area contributed by atoms with Gasteiger partial charge in [0.05, 0.1) is 0 Å². The summed E-state index contributed by atoms with van der Waals surface area (Å²) >= 11 is 0. The largest absolute Gasteiger partial charge is 0.459 e. The molecule has 0 saturated heterocycles. The molecule has 14 heavy (non-hydrogen) atoms. The zero-order valence-electron chi connectivity index (χ0n) is 8.72. The van der Waals surface area contributed by atoms with Crippen molar-refractivity contribution < 1.29 is 18.3 Å². The van der Waals surface area contributed by atoms with Gasteiger partial charge in [-0.3, -0.25) is 4.79 Å². The lowest BCUT2D eigenvalue weighted by atomic mass is 10.1. The highest BCUT2D eigenvalue weighted by Gasteiger charge is 2.22. The van der Waals surface area contributed by atoms with Crippen LogP contribution in [0.25, 0.3) is 0 Å². The molecule has 0 rings (SSSR count). The van der Waals surface area contributed by atoms with Crippen molar-refractivity contribution in [2.24, 2.45) is 5.73 Å². The zero-order valence-corrected chi connectivity index (χ0v) is 8.72. The van der Waals surface area contributed by atoms with E-state index in [1.807, 2.05) is 0 Å². The third-order valence-corrected chi connectivity index (χ3v) is 1.41. The van der Waals surface area contributed by atoms with E-state index in [1.54, 1.807) is 20.8 Å². The van der Waals surface area contributed by atoms with Crippen molar-refractivity contribution in [3.63, 3.8) is 0 Å². The van der Waals surface area contributed by atoms with Gasteiger partial charge in [0.1, 0.15) is 11.6 Å². The van der Waals surface area contributed by atoms with Gasteiger partial charge in [-0.15, -0.1) is 0 Å². The van der Waals surface area contributed by atoms with Gasteiger partial charge in [0.15, 0.2) is 0 Å². The molecule has 0 spiro atoms. The zero-order chi connectivity index (χ0) is 11.4. The molecule has 0 aromatic heterocycles. The van der Waals surface area contributed by atoms with Gasteiger partial charge in [0.25, 0.3) is 0 Å². The third-order valence-electron chi connectivity index (χ3n) is 1.41. The van der Waals surface area contributed by atoms with Crippen LogP contribution in [0.2, 0.25) is 0 Å². The smallest absolute Gasteiger partial charge is 0.323 e. The average molecular weight is 209 g/mol. The summed E-state index contributed by atoms with van der Waals surface area (Å²) in [5.74, 6) is -0.627. The molecular formula is C9H17F2NO2. The van der Waals surface area contributed by atoms with Crippen LogP contribution < -0.4 is 5.73 Å². The molecule has 5 heteroatoms. The first-order valence-corrected chi connectivity index (χ1v) is 4.49. The molecule has 0 saturated carbocycles. The monoisotopic (exact) mass is 209 g/mol. The number of hydrogen-bond acceptors (Lipinski definition) is 3. The van der Waals surface area contributed by atoms with Gasteiger partial charge >= 0.3 is 5.97 Å². The van der Waals surface area contributed by atoms with Crippen LogP contribution in [-0.4, -0.2) is 24.0 Å². The number of halogens is 2. The van der Waals surface area contributed by atoms with Crippen LogP contribution in [0.1, 0.15) is 33.6 Å². The first kappa shape index (κ1) is 13.3. The molecule has 3 nitrogen and oxygen atoms in total. The van der Waals surface area contributed by atoms with Crippen LogP contribution in [0, 0.1) is 0 Å². The molecule has 1 atom stereocenters. The molecule has 2 N–H and O–H groups in total. The van der Waals surface area contributed by atoms with Crippen LogP contribution >= 0.6 is 0 Å². The molecule has 0 aromatic carbocycles. The SMILES string of the molecule is CC(C)(C)OC(=O)C(N)CCC(F)F. The number of carbonyl (C=O) groups excluding carboxylic acids is 1. The Bertz CT molecular complexity index is 190.